The standard InChI is InChI=1S/C21H35F2IO5/c1-3-4-6-13(22)15(25)10-9-12-16(26)11-17-19(12)20(23)21(29-17)14(24)7-5-8-18(27)28-2/h12-17,19-21,25-26H,3-11H2,1-2H3/t12-,13-,14+,15+,16+,17+,19+,20-,21-/m0/s1. The second kappa shape index (κ2) is 12.1. The van der Waals surface area contributed by atoms with E-state index < -0.39 is 36.6 Å². The van der Waals surface area contributed by atoms with Crippen molar-refractivity contribution in [2.45, 2.75) is 105 Å². The van der Waals surface area contributed by atoms with Gasteiger partial charge >= 0.3 is 5.97 Å². The summed E-state index contributed by atoms with van der Waals surface area (Å²) >= 11 is 2.17. The van der Waals surface area contributed by atoms with Gasteiger partial charge in [0.05, 0.1) is 25.4 Å². The van der Waals surface area contributed by atoms with Crippen LogP contribution in [0.4, 0.5) is 8.78 Å². The summed E-state index contributed by atoms with van der Waals surface area (Å²) in [6.45, 7) is 1.97. The van der Waals surface area contributed by atoms with Gasteiger partial charge in [-0.25, -0.2) is 8.78 Å². The molecule has 0 aromatic carbocycles. The first-order valence-electron chi connectivity index (χ1n) is 10.8. The van der Waals surface area contributed by atoms with Crippen LogP contribution < -0.4 is 0 Å². The number of unbranched alkanes of at least 4 members (excludes halogenated alkanes) is 1. The van der Waals surface area contributed by atoms with Crippen LogP contribution in [0.1, 0.15) is 64.7 Å². The lowest BCUT2D eigenvalue weighted by Crippen LogP contribution is -2.35. The molecule has 170 valence electrons. The van der Waals surface area contributed by atoms with Crippen molar-refractivity contribution in [3.8, 4) is 0 Å². The number of carbonyl (C=O) groups excluding carboxylic acids is 1. The molecule has 9 atom stereocenters. The predicted octanol–water partition coefficient (Wildman–Crippen LogP) is 3.91. The van der Waals surface area contributed by atoms with Gasteiger partial charge in [0.15, 0.2) is 0 Å². The van der Waals surface area contributed by atoms with Crippen molar-refractivity contribution < 1.29 is 33.3 Å². The van der Waals surface area contributed by atoms with E-state index in [9.17, 15) is 19.4 Å². The fraction of sp³-hybridized carbons (Fsp3) is 0.952. The number of alkyl halides is 3. The molecule has 2 rings (SSSR count). The summed E-state index contributed by atoms with van der Waals surface area (Å²) in [6, 6.07) is 0. The fourth-order valence-corrected chi connectivity index (χ4v) is 5.71. The highest BCUT2D eigenvalue weighted by molar-refractivity contribution is 14.1. The van der Waals surface area contributed by atoms with Gasteiger partial charge in [0.2, 0.25) is 0 Å². The minimum Gasteiger partial charge on any atom is -0.469 e. The Hall–Kier alpha value is -0.0600. The van der Waals surface area contributed by atoms with Crippen molar-refractivity contribution in [2.24, 2.45) is 11.8 Å². The predicted molar refractivity (Wildman–Crippen MR) is 114 cm³/mol. The first kappa shape index (κ1) is 25.2. The van der Waals surface area contributed by atoms with Crippen LogP contribution in [-0.4, -0.2) is 64.0 Å². The number of aliphatic hydroxyl groups is 2. The number of hydrogen-bond acceptors (Lipinski definition) is 5. The molecule has 1 saturated carbocycles. The Labute approximate surface area is 186 Å². The number of esters is 1. The van der Waals surface area contributed by atoms with Gasteiger partial charge in [-0.1, -0.05) is 42.4 Å². The molecule has 1 heterocycles. The highest BCUT2D eigenvalue weighted by Crippen LogP contribution is 2.48. The third-order valence-electron chi connectivity index (χ3n) is 6.40. The van der Waals surface area contributed by atoms with E-state index in [0.29, 0.717) is 38.5 Å². The third kappa shape index (κ3) is 6.71. The van der Waals surface area contributed by atoms with Crippen LogP contribution in [0.25, 0.3) is 0 Å². The Bertz CT molecular complexity index is 511. The lowest BCUT2D eigenvalue weighted by molar-refractivity contribution is -0.140. The zero-order valence-corrected chi connectivity index (χ0v) is 19.5. The highest BCUT2D eigenvalue weighted by Gasteiger charge is 2.56. The molecular weight excluding hydrogens is 497 g/mol. The van der Waals surface area contributed by atoms with Crippen LogP contribution in [0, 0.1) is 11.8 Å². The molecule has 0 spiro atoms. The zero-order valence-electron chi connectivity index (χ0n) is 17.3. The molecule has 0 bridgehead atoms. The fourth-order valence-electron chi connectivity index (χ4n) is 4.70. The van der Waals surface area contributed by atoms with Gasteiger partial charge in [-0.2, -0.15) is 0 Å². The summed E-state index contributed by atoms with van der Waals surface area (Å²) in [7, 11) is 1.35. The second-order valence-corrected chi connectivity index (χ2v) is 10.0. The highest BCUT2D eigenvalue weighted by atomic mass is 127. The molecule has 0 radical (unpaired) electrons. The lowest BCUT2D eigenvalue weighted by Gasteiger charge is -2.27. The Morgan fingerprint density at radius 1 is 1.31 bits per heavy atom. The van der Waals surface area contributed by atoms with E-state index in [1.807, 2.05) is 6.92 Å². The molecule has 0 amide bonds. The maximum atomic E-state index is 15.2. The molecule has 0 aromatic heterocycles. The van der Waals surface area contributed by atoms with Gasteiger partial charge in [0, 0.05) is 22.7 Å². The molecule has 2 N–H and O–H groups in total. The summed E-state index contributed by atoms with van der Waals surface area (Å²) in [6.07, 6.45) is -0.671. The molecule has 1 saturated heterocycles. The van der Waals surface area contributed by atoms with E-state index in [2.05, 4.69) is 27.3 Å². The van der Waals surface area contributed by atoms with Gasteiger partial charge < -0.3 is 19.7 Å². The van der Waals surface area contributed by atoms with Gasteiger partial charge in [-0.05, 0) is 38.0 Å². The van der Waals surface area contributed by atoms with Crippen LogP contribution in [0.15, 0.2) is 0 Å². The van der Waals surface area contributed by atoms with Crippen molar-refractivity contribution >= 4 is 28.6 Å². The smallest absolute Gasteiger partial charge is 0.305 e. The van der Waals surface area contributed by atoms with E-state index in [1.54, 1.807) is 0 Å². The SMILES string of the molecule is CCCC[C@H](F)[C@H](O)CC[C@@H]1[C@H]2[C@H](F)[C@H]([C@H](I)CCCC(=O)OC)O[C@@H]2C[C@H]1O. The molecule has 8 heteroatoms. The van der Waals surface area contributed by atoms with Crippen LogP contribution in [-0.2, 0) is 14.3 Å². The Balaban J connectivity index is 1.86. The van der Waals surface area contributed by atoms with E-state index in [-0.39, 0.29) is 28.3 Å². The number of rotatable bonds is 12. The summed E-state index contributed by atoms with van der Waals surface area (Å²) in [5, 5.41) is 20.5. The number of ether oxygens (including phenoxy) is 2. The van der Waals surface area contributed by atoms with E-state index in [4.69, 9.17) is 4.74 Å². The average Bonchev–Trinajstić information content (AvgIpc) is 3.18. The van der Waals surface area contributed by atoms with Crippen molar-refractivity contribution in [1.29, 1.82) is 0 Å². The number of hydrogen-bond donors (Lipinski definition) is 2. The average molecular weight is 532 g/mol. The molecule has 2 aliphatic rings. The van der Waals surface area contributed by atoms with E-state index in [1.165, 1.54) is 7.11 Å². The van der Waals surface area contributed by atoms with Crippen molar-refractivity contribution in [1.82, 2.24) is 0 Å². The largest absolute Gasteiger partial charge is 0.469 e. The van der Waals surface area contributed by atoms with Gasteiger partial charge in [-0.3, -0.25) is 4.79 Å². The van der Waals surface area contributed by atoms with Gasteiger partial charge in [0.25, 0.3) is 0 Å². The molecule has 1 aliphatic carbocycles. The first-order chi connectivity index (χ1) is 13.8. The molecule has 5 nitrogen and oxygen atoms in total. The van der Waals surface area contributed by atoms with Crippen molar-refractivity contribution in [3.05, 3.63) is 0 Å². The summed E-state index contributed by atoms with van der Waals surface area (Å²) in [4.78, 5) is 11.2. The maximum Gasteiger partial charge on any atom is 0.305 e. The summed E-state index contributed by atoms with van der Waals surface area (Å²) < 4.78 is 39.8. The Morgan fingerprint density at radius 3 is 2.69 bits per heavy atom. The van der Waals surface area contributed by atoms with Crippen LogP contribution in [0.5, 0.6) is 0 Å². The molecule has 29 heavy (non-hydrogen) atoms. The molecule has 2 fully saturated rings. The van der Waals surface area contributed by atoms with E-state index in [0.717, 1.165) is 12.8 Å². The molecule has 0 aromatic rings. The van der Waals surface area contributed by atoms with Crippen molar-refractivity contribution in [3.63, 3.8) is 0 Å². The van der Waals surface area contributed by atoms with Gasteiger partial charge in [-0.15, -0.1) is 0 Å². The monoisotopic (exact) mass is 532 g/mol. The maximum absolute atomic E-state index is 15.2. The minimum atomic E-state index is -1.27. The molecule has 0 unspecified atom stereocenters. The Kier molecular flexibility index (Phi) is 10.5. The zero-order chi connectivity index (χ0) is 21.6. The van der Waals surface area contributed by atoms with Gasteiger partial charge in [0.1, 0.15) is 18.4 Å². The number of halogens is 3. The third-order valence-corrected chi connectivity index (χ3v) is 7.73. The van der Waals surface area contributed by atoms with E-state index >= 15 is 4.39 Å². The lowest BCUT2D eigenvalue weighted by atomic mass is 9.84. The topological polar surface area (TPSA) is 76.0 Å². The van der Waals surface area contributed by atoms with Crippen LogP contribution in [0.2, 0.25) is 0 Å². The second-order valence-electron chi connectivity index (χ2n) is 8.42. The number of fused-ring (bicyclic) bond motifs is 1. The molecule has 1 aliphatic heterocycles. The summed E-state index contributed by atoms with van der Waals surface area (Å²) in [5.41, 5.74) is 0. The quantitative estimate of drug-likeness (QED) is 0.227. The van der Waals surface area contributed by atoms with Crippen molar-refractivity contribution in [2.75, 3.05) is 7.11 Å². The Morgan fingerprint density at radius 2 is 2.03 bits per heavy atom. The number of methoxy groups -OCH3 is 1. The number of carbonyl (C=O) groups is 1. The van der Waals surface area contributed by atoms with Crippen LogP contribution in [0.3, 0.4) is 0 Å². The normalized spacial score (nSPS) is 34.6. The molecular formula is C21H35F2IO5. The first-order valence-corrected chi connectivity index (χ1v) is 12.0. The minimum absolute atomic E-state index is 0.0782. The van der Waals surface area contributed by atoms with Crippen LogP contribution >= 0.6 is 22.6 Å². The number of aliphatic hydroxyl groups excluding tert-OH is 2. The summed E-state index contributed by atoms with van der Waals surface area (Å²) in [5.74, 6) is -1.03.